The summed E-state index contributed by atoms with van der Waals surface area (Å²) in [6.07, 6.45) is 10.2. The number of hydrogen-bond acceptors (Lipinski definition) is 1. The number of aldehydes is 1. The van der Waals surface area contributed by atoms with Crippen LogP contribution in [0, 0.1) is 17.8 Å². The van der Waals surface area contributed by atoms with Crippen LogP contribution in [0.1, 0.15) is 58.8 Å². The highest BCUT2D eigenvalue weighted by molar-refractivity contribution is 5.53. The van der Waals surface area contributed by atoms with Gasteiger partial charge in [-0.05, 0) is 31.1 Å². The van der Waals surface area contributed by atoms with Crippen LogP contribution in [0.3, 0.4) is 0 Å². The molecular weight excluding hydrogens is 172 g/mol. The Morgan fingerprint density at radius 2 is 1.86 bits per heavy atom. The summed E-state index contributed by atoms with van der Waals surface area (Å²) in [5.41, 5.74) is 0. The fourth-order valence-electron chi connectivity index (χ4n) is 2.85. The Bertz CT molecular complexity index is 157. The molecule has 0 radical (unpaired) electrons. The number of rotatable bonds is 5. The molecule has 1 fully saturated rings. The summed E-state index contributed by atoms with van der Waals surface area (Å²) in [4.78, 5) is 10.8. The van der Waals surface area contributed by atoms with Gasteiger partial charge in [0.15, 0.2) is 0 Å². The first kappa shape index (κ1) is 11.7. The van der Waals surface area contributed by atoms with Crippen LogP contribution < -0.4 is 0 Å². The van der Waals surface area contributed by atoms with E-state index in [9.17, 15) is 4.79 Å². The molecule has 1 nitrogen and oxygen atoms in total. The quantitative estimate of drug-likeness (QED) is 0.611. The second kappa shape index (κ2) is 6.21. The summed E-state index contributed by atoms with van der Waals surface area (Å²) in [5.74, 6) is 2.00. The van der Waals surface area contributed by atoms with Crippen molar-refractivity contribution in [3.63, 3.8) is 0 Å². The lowest BCUT2D eigenvalue weighted by atomic mass is 9.74. The van der Waals surface area contributed by atoms with Crippen molar-refractivity contribution in [3.8, 4) is 0 Å². The molecule has 0 bridgehead atoms. The Morgan fingerprint density at radius 1 is 1.21 bits per heavy atom. The summed E-state index contributed by atoms with van der Waals surface area (Å²) in [5, 5.41) is 0. The van der Waals surface area contributed by atoms with Crippen molar-refractivity contribution in [3.05, 3.63) is 0 Å². The van der Waals surface area contributed by atoms with Gasteiger partial charge in [-0.25, -0.2) is 0 Å². The fraction of sp³-hybridized carbons (Fsp3) is 0.923. The van der Waals surface area contributed by atoms with Gasteiger partial charge in [-0.2, -0.15) is 0 Å². The third kappa shape index (κ3) is 3.11. The van der Waals surface area contributed by atoms with Crippen molar-refractivity contribution >= 4 is 6.29 Å². The highest BCUT2D eigenvalue weighted by Crippen LogP contribution is 2.35. The maximum Gasteiger partial charge on any atom is 0.123 e. The number of carbonyl (C=O) groups is 1. The van der Waals surface area contributed by atoms with Gasteiger partial charge < -0.3 is 4.79 Å². The molecule has 82 valence electrons. The smallest absolute Gasteiger partial charge is 0.123 e. The average molecular weight is 196 g/mol. The normalized spacial score (nSPS) is 29.9. The van der Waals surface area contributed by atoms with E-state index in [2.05, 4.69) is 13.8 Å². The van der Waals surface area contributed by atoms with Crippen LogP contribution in [0.4, 0.5) is 0 Å². The number of hydrogen-bond donors (Lipinski definition) is 0. The minimum absolute atomic E-state index is 0.345. The molecule has 1 atom stereocenters. The second-order valence-corrected chi connectivity index (χ2v) is 4.78. The fourth-order valence-corrected chi connectivity index (χ4v) is 2.85. The molecule has 0 saturated heterocycles. The zero-order valence-corrected chi connectivity index (χ0v) is 9.67. The first-order valence-electron chi connectivity index (χ1n) is 6.27. The summed E-state index contributed by atoms with van der Waals surface area (Å²) in [7, 11) is 0. The lowest BCUT2D eigenvalue weighted by Crippen LogP contribution is -2.22. The summed E-state index contributed by atoms with van der Waals surface area (Å²) < 4.78 is 0. The van der Waals surface area contributed by atoms with Gasteiger partial charge in [0.25, 0.3) is 0 Å². The molecule has 1 aliphatic carbocycles. The van der Waals surface area contributed by atoms with Crippen LogP contribution in [-0.2, 0) is 4.79 Å². The van der Waals surface area contributed by atoms with E-state index in [0.717, 1.165) is 12.3 Å². The van der Waals surface area contributed by atoms with Crippen molar-refractivity contribution in [2.75, 3.05) is 0 Å². The Morgan fingerprint density at radius 3 is 2.29 bits per heavy atom. The van der Waals surface area contributed by atoms with E-state index in [1.807, 2.05) is 0 Å². The van der Waals surface area contributed by atoms with Crippen LogP contribution in [0.15, 0.2) is 0 Å². The lowest BCUT2D eigenvalue weighted by Gasteiger charge is -2.31. The molecule has 1 aliphatic rings. The Labute approximate surface area is 88.3 Å². The van der Waals surface area contributed by atoms with Gasteiger partial charge >= 0.3 is 0 Å². The predicted octanol–water partition coefficient (Wildman–Crippen LogP) is 3.82. The molecular formula is C13H24O. The molecule has 0 aromatic heterocycles. The van der Waals surface area contributed by atoms with Gasteiger partial charge in [0.1, 0.15) is 6.29 Å². The van der Waals surface area contributed by atoms with Gasteiger partial charge in [0, 0.05) is 5.92 Å². The maximum atomic E-state index is 10.8. The third-order valence-corrected chi connectivity index (χ3v) is 3.84. The molecule has 0 aromatic rings. The van der Waals surface area contributed by atoms with E-state index in [0.29, 0.717) is 11.8 Å². The molecule has 1 heteroatoms. The Hall–Kier alpha value is -0.330. The van der Waals surface area contributed by atoms with Crippen molar-refractivity contribution in [2.24, 2.45) is 17.8 Å². The first-order chi connectivity index (χ1) is 6.81. The van der Waals surface area contributed by atoms with E-state index in [1.54, 1.807) is 0 Å². The van der Waals surface area contributed by atoms with E-state index < -0.39 is 0 Å². The van der Waals surface area contributed by atoms with E-state index in [1.165, 1.54) is 44.8 Å². The van der Waals surface area contributed by atoms with Gasteiger partial charge in [0.05, 0.1) is 0 Å². The molecule has 1 saturated carbocycles. The maximum absolute atomic E-state index is 10.8. The number of carbonyl (C=O) groups excluding carboxylic acids is 1. The summed E-state index contributed by atoms with van der Waals surface area (Å²) >= 11 is 0. The minimum Gasteiger partial charge on any atom is -0.303 e. The average Bonchev–Trinajstić information content (AvgIpc) is 2.23. The summed E-state index contributed by atoms with van der Waals surface area (Å²) in [6.45, 7) is 4.41. The van der Waals surface area contributed by atoms with E-state index in [4.69, 9.17) is 0 Å². The molecule has 0 amide bonds. The van der Waals surface area contributed by atoms with Crippen LogP contribution >= 0.6 is 0 Å². The Kier molecular flexibility index (Phi) is 5.21. The predicted molar refractivity (Wildman–Crippen MR) is 60.2 cm³/mol. The van der Waals surface area contributed by atoms with Crippen molar-refractivity contribution < 1.29 is 4.79 Å². The lowest BCUT2D eigenvalue weighted by molar-refractivity contribution is -0.113. The highest BCUT2D eigenvalue weighted by atomic mass is 16.1. The molecule has 1 rings (SSSR count). The van der Waals surface area contributed by atoms with E-state index >= 15 is 0 Å². The van der Waals surface area contributed by atoms with Crippen molar-refractivity contribution in [1.29, 1.82) is 0 Å². The van der Waals surface area contributed by atoms with E-state index in [-0.39, 0.29) is 0 Å². The van der Waals surface area contributed by atoms with Crippen LogP contribution in [-0.4, -0.2) is 6.29 Å². The highest BCUT2D eigenvalue weighted by Gasteiger charge is 2.25. The Balaban J connectivity index is 2.30. The van der Waals surface area contributed by atoms with Gasteiger partial charge in [-0.3, -0.25) is 0 Å². The van der Waals surface area contributed by atoms with Crippen molar-refractivity contribution in [1.82, 2.24) is 0 Å². The van der Waals surface area contributed by atoms with Crippen LogP contribution in [0.25, 0.3) is 0 Å². The molecule has 0 aromatic carbocycles. The van der Waals surface area contributed by atoms with Gasteiger partial charge in [-0.15, -0.1) is 0 Å². The van der Waals surface area contributed by atoms with Gasteiger partial charge in [0.2, 0.25) is 0 Å². The minimum atomic E-state index is 0.345. The molecule has 1 unspecified atom stereocenters. The molecule has 0 heterocycles. The molecule has 0 aliphatic heterocycles. The SMILES string of the molecule is CCCC1CCC(C(C=O)CC)CC1. The third-order valence-electron chi connectivity index (χ3n) is 3.84. The molecule has 0 spiro atoms. The van der Waals surface area contributed by atoms with Crippen LogP contribution in [0.5, 0.6) is 0 Å². The molecule has 0 N–H and O–H groups in total. The topological polar surface area (TPSA) is 17.1 Å². The largest absolute Gasteiger partial charge is 0.303 e. The monoisotopic (exact) mass is 196 g/mol. The molecule has 14 heavy (non-hydrogen) atoms. The summed E-state index contributed by atoms with van der Waals surface area (Å²) in [6, 6.07) is 0. The second-order valence-electron chi connectivity index (χ2n) is 4.78. The standard InChI is InChI=1S/C13H24O/c1-3-5-11-6-8-13(9-7-11)12(4-2)10-14/h10-13H,3-9H2,1-2H3. The van der Waals surface area contributed by atoms with Gasteiger partial charge in [-0.1, -0.05) is 39.5 Å². The van der Waals surface area contributed by atoms with Crippen molar-refractivity contribution in [2.45, 2.75) is 58.8 Å². The zero-order chi connectivity index (χ0) is 10.4. The van der Waals surface area contributed by atoms with Crippen LogP contribution in [0.2, 0.25) is 0 Å². The first-order valence-corrected chi connectivity index (χ1v) is 6.27. The zero-order valence-electron chi connectivity index (χ0n) is 9.67.